The van der Waals surface area contributed by atoms with Gasteiger partial charge in [0, 0.05) is 20.1 Å². The van der Waals surface area contributed by atoms with Crippen LogP contribution in [0.25, 0.3) is 0 Å². The Hall–Kier alpha value is -1.86. The lowest BCUT2D eigenvalue weighted by Crippen LogP contribution is -2.35. The molecule has 0 spiro atoms. The van der Waals surface area contributed by atoms with Crippen molar-refractivity contribution in [3.05, 3.63) is 35.9 Å². The second-order valence-electron chi connectivity index (χ2n) is 5.61. The molecule has 20 heavy (non-hydrogen) atoms. The summed E-state index contributed by atoms with van der Waals surface area (Å²) in [5, 5.41) is 9.30. The van der Waals surface area contributed by atoms with Gasteiger partial charge in [-0.05, 0) is 31.5 Å². The van der Waals surface area contributed by atoms with E-state index < -0.39 is 5.92 Å². The van der Waals surface area contributed by atoms with Gasteiger partial charge in [-0.25, -0.2) is 0 Å². The third kappa shape index (κ3) is 3.37. The van der Waals surface area contributed by atoms with E-state index in [2.05, 4.69) is 18.0 Å². The van der Waals surface area contributed by atoms with Crippen molar-refractivity contribution >= 4 is 5.91 Å². The number of hydrogen-bond donors (Lipinski definition) is 0. The third-order valence-electron chi connectivity index (χ3n) is 3.91. The van der Waals surface area contributed by atoms with Crippen LogP contribution in [0.2, 0.25) is 0 Å². The van der Waals surface area contributed by atoms with Gasteiger partial charge in [-0.1, -0.05) is 30.3 Å². The molecular formula is C16H21N3O. The minimum atomic E-state index is -0.694. The molecule has 0 saturated carbocycles. The molecule has 4 nitrogen and oxygen atoms in total. The summed E-state index contributed by atoms with van der Waals surface area (Å²) in [4.78, 5) is 16.4. The molecule has 2 unspecified atom stereocenters. The fourth-order valence-electron chi connectivity index (χ4n) is 2.79. The molecule has 0 N–H and O–H groups in total. The van der Waals surface area contributed by atoms with Crippen molar-refractivity contribution in [2.75, 3.05) is 33.7 Å². The van der Waals surface area contributed by atoms with Gasteiger partial charge in [0.25, 0.3) is 0 Å². The van der Waals surface area contributed by atoms with E-state index in [9.17, 15) is 10.1 Å². The summed E-state index contributed by atoms with van der Waals surface area (Å²) < 4.78 is 0. The second-order valence-corrected chi connectivity index (χ2v) is 5.61. The molecule has 1 aliphatic heterocycles. The van der Waals surface area contributed by atoms with Gasteiger partial charge in [0.15, 0.2) is 0 Å². The first-order valence-electron chi connectivity index (χ1n) is 7.00. The molecule has 0 radical (unpaired) electrons. The number of nitrogens with zero attached hydrogens (tertiary/aromatic N) is 3. The molecule has 2 rings (SSSR count). The van der Waals surface area contributed by atoms with E-state index in [1.165, 1.54) is 0 Å². The van der Waals surface area contributed by atoms with E-state index in [-0.39, 0.29) is 5.91 Å². The lowest BCUT2D eigenvalue weighted by atomic mass is 9.98. The first-order chi connectivity index (χ1) is 9.61. The zero-order valence-corrected chi connectivity index (χ0v) is 12.1. The number of benzene rings is 1. The average molecular weight is 271 g/mol. The summed E-state index contributed by atoms with van der Waals surface area (Å²) >= 11 is 0. The van der Waals surface area contributed by atoms with Crippen LogP contribution in [0.1, 0.15) is 17.9 Å². The molecule has 2 atom stereocenters. The summed E-state index contributed by atoms with van der Waals surface area (Å²) in [5.74, 6) is -0.280. The van der Waals surface area contributed by atoms with Crippen LogP contribution in [0.15, 0.2) is 30.3 Å². The predicted molar refractivity (Wildman–Crippen MR) is 78.0 cm³/mol. The molecule has 1 heterocycles. The Kier molecular flexibility index (Phi) is 4.75. The van der Waals surface area contributed by atoms with Gasteiger partial charge in [-0.3, -0.25) is 4.79 Å². The summed E-state index contributed by atoms with van der Waals surface area (Å²) in [6, 6.07) is 11.4. The quantitative estimate of drug-likeness (QED) is 0.837. The van der Waals surface area contributed by atoms with Crippen LogP contribution in [-0.4, -0.2) is 49.4 Å². The highest BCUT2D eigenvalue weighted by Gasteiger charge is 2.27. The lowest BCUT2D eigenvalue weighted by Gasteiger charge is -2.23. The monoisotopic (exact) mass is 271 g/mol. The number of rotatable bonds is 4. The van der Waals surface area contributed by atoms with Crippen LogP contribution in [0.5, 0.6) is 0 Å². The molecule has 0 bridgehead atoms. The van der Waals surface area contributed by atoms with Crippen LogP contribution >= 0.6 is 0 Å². The van der Waals surface area contributed by atoms with Gasteiger partial charge in [0.1, 0.15) is 5.92 Å². The minimum Gasteiger partial charge on any atom is -0.344 e. The molecule has 4 heteroatoms. The lowest BCUT2D eigenvalue weighted by molar-refractivity contribution is -0.130. The summed E-state index contributed by atoms with van der Waals surface area (Å²) in [6.45, 7) is 2.85. The molecule has 1 amide bonds. The van der Waals surface area contributed by atoms with Crippen molar-refractivity contribution < 1.29 is 4.79 Å². The minimum absolute atomic E-state index is 0.103. The zero-order valence-electron chi connectivity index (χ0n) is 12.1. The van der Waals surface area contributed by atoms with Crippen molar-refractivity contribution in [1.82, 2.24) is 9.80 Å². The van der Waals surface area contributed by atoms with Gasteiger partial charge in [0.05, 0.1) is 6.07 Å². The Morgan fingerprint density at radius 3 is 2.75 bits per heavy atom. The highest BCUT2D eigenvalue weighted by molar-refractivity contribution is 5.86. The Bertz CT molecular complexity index is 494. The number of carbonyl (C=O) groups excluding carboxylic acids is 1. The van der Waals surface area contributed by atoms with Crippen molar-refractivity contribution in [3.8, 4) is 6.07 Å². The van der Waals surface area contributed by atoms with Crippen molar-refractivity contribution in [1.29, 1.82) is 5.26 Å². The van der Waals surface area contributed by atoms with E-state index in [1.54, 1.807) is 11.9 Å². The predicted octanol–water partition coefficient (Wildman–Crippen LogP) is 1.70. The van der Waals surface area contributed by atoms with Gasteiger partial charge >= 0.3 is 0 Å². The fraction of sp³-hybridized carbons (Fsp3) is 0.500. The molecule has 1 aromatic rings. The van der Waals surface area contributed by atoms with Crippen LogP contribution in [-0.2, 0) is 4.79 Å². The first-order valence-corrected chi connectivity index (χ1v) is 7.00. The Balaban J connectivity index is 2.00. The van der Waals surface area contributed by atoms with E-state index in [0.717, 1.165) is 31.6 Å². The standard InChI is InChI=1S/C16H21N3O/c1-18-9-8-13(11-18)12-19(2)16(20)15(10-17)14-6-4-3-5-7-14/h3-7,13,15H,8-9,11-12H2,1-2H3. The van der Waals surface area contributed by atoms with Crippen LogP contribution in [0.3, 0.4) is 0 Å². The maximum atomic E-state index is 12.4. The number of hydrogen-bond acceptors (Lipinski definition) is 3. The molecule has 1 fully saturated rings. The van der Waals surface area contributed by atoms with Gasteiger partial charge in [-0.15, -0.1) is 0 Å². The van der Waals surface area contributed by atoms with Crippen LogP contribution < -0.4 is 0 Å². The molecule has 1 aliphatic rings. The van der Waals surface area contributed by atoms with Crippen molar-refractivity contribution in [3.63, 3.8) is 0 Å². The maximum Gasteiger partial charge on any atom is 0.244 e. The number of likely N-dealkylation sites (tertiary alicyclic amines) is 1. The number of nitriles is 1. The van der Waals surface area contributed by atoms with Crippen molar-refractivity contribution in [2.45, 2.75) is 12.3 Å². The number of carbonyl (C=O) groups is 1. The van der Waals surface area contributed by atoms with Crippen LogP contribution in [0, 0.1) is 17.2 Å². The first kappa shape index (κ1) is 14.5. The van der Waals surface area contributed by atoms with Gasteiger partial charge < -0.3 is 9.80 Å². The molecule has 0 aromatic heterocycles. The smallest absolute Gasteiger partial charge is 0.244 e. The Morgan fingerprint density at radius 2 is 2.20 bits per heavy atom. The SMILES string of the molecule is CN1CCC(CN(C)C(=O)C(C#N)c2ccccc2)C1. The van der Waals surface area contributed by atoms with E-state index in [4.69, 9.17) is 0 Å². The average Bonchev–Trinajstić information content (AvgIpc) is 2.86. The Morgan fingerprint density at radius 1 is 1.50 bits per heavy atom. The highest BCUT2D eigenvalue weighted by atomic mass is 16.2. The fourth-order valence-corrected chi connectivity index (χ4v) is 2.79. The van der Waals surface area contributed by atoms with E-state index in [1.807, 2.05) is 30.3 Å². The summed E-state index contributed by atoms with van der Waals surface area (Å²) in [7, 11) is 3.90. The normalized spacial score (nSPS) is 20.4. The van der Waals surface area contributed by atoms with Crippen LogP contribution in [0.4, 0.5) is 0 Å². The van der Waals surface area contributed by atoms with Gasteiger partial charge in [0.2, 0.25) is 5.91 Å². The summed E-state index contributed by atoms with van der Waals surface area (Å²) in [6.07, 6.45) is 1.12. The topological polar surface area (TPSA) is 47.3 Å². The highest BCUT2D eigenvalue weighted by Crippen LogP contribution is 2.20. The molecular weight excluding hydrogens is 250 g/mol. The third-order valence-corrected chi connectivity index (χ3v) is 3.91. The van der Waals surface area contributed by atoms with Crippen molar-refractivity contribution in [2.24, 2.45) is 5.92 Å². The largest absolute Gasteiger partial charge is 0.344 e. The summed E-state index contributed by atoms with van der Waals surface area (Å²) in [5.41, 5.74) is 0.774. The maximum absolute atomic E-state index is 12.4. The molecule has 1 saturated heterocycles. The van der Waals surface area contributed by atoms with E-state index >= 15 is 0 Å². The number of amides is 1. The Labute approximate surface area is 120 Å². The molecule has 1 aromatic carbocycles. The zero-order chi connectivity index (χ0) is 14.5. The number of likely N-dealkylation sites (N-methyl/N-ethyl adjacent to an activating group) is 1. The second kappa shape index (κ2) is 6.53. The molecule has 0 aliphatic carbocycles. The van der Waals surface area contributed by atoms with E-state index in [0.29, 0.717) is 5.92 Å². The molecule has 106 valence electrons. The van der Waals surface area contributed by atoms with Gasteiger partial charge in [-0.2, -0.15) is 5.26 Å².